The summed E-state index contributed by atoms with van der Waals surface area (Å²) in [5, 5.41) is 3.07. The minimum absolute atomic E-state index is 0.0481. The van der Waals surface area contributed by atoms with Crippen LogP contribution in [-0.4, -0.2) is 56.8 Å². The van der Waals surface area contributed by atoms with Crippen LogP contribution in [0.4, 0.5) is 5.69 Å². The zero-order valence-electron chi connectivity index (χ0n) is 24.7. The summed E-state index contributed by atoms with van der Waals surface area (Å²) < 4.78 is 38.4. The van der Waals surface area contributed by atoms with Gasteiger partial charge in [0, 0.05) is 42.5 Å². The average Bonchev–Trinajstić information content (AvgIpc) is 3.45. The smallest absolute Gasteiger partial charge is 0.243 e. The molecule has 230 valence electrons. The molecule has 0 saturated heterocycles. The molecule has 3 aromatic carbocycles. The molecule has 2 atom stereocenters. The van der Waals surface area contributed by atoms with E-state index in [1.54, 1.807) is 23.1 Å². The van der Waals surface area contributed by atoms with Crippen LogP contribution in [0.1, 0.15) is 44.2 Å². The first-order valence-electron chi connectivity index (χ1n) is 14.3. The summed E-state index contributed by atoms with van der Waals surface area (Å²) >= 11 is 3.51. The van der Waals surface area contributed by atoms with Crippen molar-refractivity contribution in [1.29, 1.82) is 0 Å². The highest BCUT2D eigenvalue weighted by Gasteiger charge is 2.31. The van der Waals surface area contributed by atoms with E-state index in [1.165, 1.54) is 4.31 Å². The van der Waals surface area contributed by atoms with Crippen LogP contribution in [-0.2, 0) is 32.6 Å². The second-order valence-electron chi connectivity index (χ2n) is 10.7. The van der Waals surface area contributed by atoms with Gasteiger partial charge >= 0.3 is 0 Å². The Morgan fingerprint density at radius 3 is 2.40 bits per heavy atom. The number of benzene rings is 3. The lowest BCUT2D eigenvalue weighted by Crippen LogP contribution is -2.52. The van der Waals surface area contributed by atoms with Gasteiger partial charge in [0.1, 0.15) is 6.04 Å². The zero-order chi connectivity index (χ0) is 31.0. The SMILES string of the molecule is CC[C@H](C)NC(=O)[C@@H](Cc1ccccc1)N(Cc1cccc(Br)c1)C(=O)CCCN(c1ccc2c(c1)OCO2)S(C)(=O)=O. The van der Waals surface area contributed by atoms with Crippen molar-refractivity contribution < 1.29 is 27.5 Å². The molecular formula is C32H38BrN3O6S. The van der Waals surface area contributed by atoms with Gasteiger partial charge in [-0.05, 0) is 55.2 Å². The third-order valence-electron chi connectivity index (χ3n) is 7.31. The number of anilines is 1. The van der Waals surface area contributed by atoms with Gasteiger partial charge < -0.3 is 19.7 Å². The van der Waals surface area contributed by atoms with E-state index in [-0.39, 0.29) is 50.6 Å². The first-order chi connectivity index (χ1) is 20.5. The van der Waals surface area contributed by atoms with E-state index < -0.39 is 16.1 Å². The molecule has 0 radical (unpaired) electrons. The van der Waals surface area contributed by atoms with E-state index in [9.17, 15) is 18.0 Å². The predicted octanol–water partition coefficient (Wildman–Crippen LogP) is 5.28. The Balaban J connectivity index is 1.58. The minimum Gasteiger partial charge on any atom is -0.454 e. The number of fused-ring (bicyclic) bond motifs is 1. The molecule has 1 heterocycles. The summed E-state index contributed by atoms with van der Waals surface area (Å²) in [6, 6.07) is 21.4. The maximum Gasteiger partial charge on any atom is 0.243 e. The van der Waals surface area contributed by atoms with Gasteiger partial charge in [-0.1, -0.05) is 65.3 Å². The van der Waals surface area contributed by atoms with Crippen molar-refractivity contribution in [3.8, 4) is 11.5 Å². The van der Waals surface area contributed by atoms with Crippen molar-refractivity contribution in [2.75, 3.05) is 23.9 Å². The van der Waals surface area contributed by atoms with Crippen LogP contribution in [0.3, 0.4) is 0 Å². The molecule has 0 aromatic heterocycles. The normalized spacial score (nSPS) is 13.7. The Kier molecular flexibility index (Phi) is 11.1. The molecule has 0 saturated carbocycles. The largest absolute Gasteiger partial charge is 0.454 e. The third kappa shape index (κ3) is 8.96. The highest BCUT2D eigenvalue weighted by atomic mass is 79.9. The fourth-order valence-electron chi connectivity index (χ4n) is 4.87. The van der Waals surface area contributed by atoms with Crippen molar-refractivity contribution in [3.63, 3.8) is 0 Å². The van der Waals surface area contributed by atoms with Crippen molar-refractivity contribution in [2.45, 2.75) is 58.2 Å². The number of nitrogens with zero attached hydrogens (tertiary/aromatic N) is 2. The number of rotatable bonds is 14. The zero-order valence-corrected chi connectivity index (χ0v) is 27.1. The van der Waals surface area contributed by atoms with Crippen molar-refractivity contribution >= 4 is 43.5 Å². The standard InChI is InChI=1S/C32H38BrN3O6S/c1-4-23(2)34-32(38)28(19-24-10-6-5-7-11-24)35(21-25-12-8-13-26(33)18-25)31(37)14-9-17-36(43(3,39)40)27-15-16-29-30(20-27)42-22-41-29/h5-8,10-13,15-16,18,20,23,28H,4,9,14,17,19,21-22H2,1-3H3,(H,34,38)/t23-,28+/m0/s1. The van der Waals surface area contributed by atoms with Crippen molar-refractivity contribution in [3.05, 3.63) is 88.4 Å². The second-order valence-corrected chi connectivity index (χ2v) is 13.5. The molecule has 1 N–H and O–H groups in total. The van der Waals surface area contributed by atoms with Crippen molar-refractivity contribution in [1.82, 2.24) is 10.2 Å². The highest BCUT2D eigenvalue weighted by molar-refractivity contribution is 9.10. The van der Waals surface area contributed by atoms with Gasteiger partial charge in [0.15, 0.2) is 11.5 Å². The first-order valence-corrected chi connectivity index (χ1v) is 16.9. The Morgan fingerprint density at radius 1 is 0.977 bits per heavy atom. The minimum atomic E-state index is -3.65. The molecular weight excluding hydrogens is 634 g/mol. The molecule has 0 aliphatic carbocycles. The molecule has 11 heteroatoms. The number of ether oxygens (including phenoxy) is 2. The molecule has 0 fully saturated rings. The number of hydrogen-bond donors (Lipinski definition) is 1. The molecule has 1 aliphatic rings. The summed E-state index contributed by atoms with van der Waals surface area (Å²) in [5.41, 5.74) is 2.24. The summed E-state index contributed by atoms with van der Waals surface area (Å²) in [7, 11) is -3.65. The van der Waals surface area contributed by atoms with Gasteiger partial charge in [0.05, 0.1) is 11.9 Å². The number of amides is 2. The lowest BCUT2D eigenvalue weighted by Gasteiger charge is -2.32. The van der Waals surface area contributed by atoms with Crippen LogP contribution < -0.4 is 19.1 Å². The quantitative estimate of drug-likeness (QED) is 0.250. The Labute approximate surface area is 262 Å². The molecule has 2 amide bonds. The number of carbonyl (C=O) groups is 2. The topological polar surface area (TPSA) is 105 Å². The van der Waals surface area contributed by atoms with Gasteiger partial charge in [-0.25, -0.2) is 8.42 Å². The lowest BCUT2D eigenvalue weighted by atomic mass is 10.0. The van der Waals surface area contributed by atoms with Crippen LogP contribution in [0.5, 0.6) is 11.5 Å². The molecule has 0 bridgehead atoms. The molecule has 43 heavy (non-hydrogen) atoms. The fourth-order valence-corrected chi connectivity index (χ4v) is 6.28. The van der Waals surface area contributed by atoms with Crippen molar-refractivity contribution in [2.24, 2.45) is 0 Å². The second kappa shape index (κ2) is 14.7. The fraction of sp³-hybridized carbons (Fsp3) is 0.375. The van der Waals surface area contributed by atoms with E-state index >= 15 is 0 Å². The summed E-state index contributed by atoms with van der Waals surface area (Å²) in [5.74, 6) is 0.563. The van der Waals surface area contributed by atoms with E-state index in [4.69, 9.17) is 9.47 Å². The van der Waals surface area contributed by atoms with E-state index in [2.05, 4.69) is 21.2 Å². The van der Waals surface area contributed by atoms with Gasteiger partial charge in [-0.2, -0.15) is 0 Å². The number of sulfonamides is 1. The van der Waals surface area contributed by atoms with Gasteiger partial charge in [0.2, 0.25) is 28.6 Å². The number of nitrogens with one attached hydrogen (secondary N) is 1. The summed E-state index contributed by atoms with van der Waals surface area (Å²) in [6.45, 7) is 4.32. The number of halogens is 1. The van der Waals surface area contributed by atoms with Crippen LogP contribution in [0.2, 0.25) is 0 Å². The Hall–Kier alpha value is -3.57. The molecule has 0 spiro atoms. The molecule has 9 nitrogen and oxygen atoms in total. The molecule has 0 unspecified atom stereocenters. The van der Waals surface area contributed by atoms with E-state index in [0.29, 0.717) is 23.6 Å². The monoisotopic (exact) mass is 671 g/mol. The predicted molar refractivity (Wildman–Crippen MR) is 171 cm³/mol. The van der Waals surface area contributed by atoms with Gasteiger partial charge in [0.25, 0.3) is 0 Å². The van der Waals surface area contributed by atoms with Crippen LogP contribution in [0.15, 0.2) is 77.3 Å². The van der Waals surface area contributed by atoms with Crippen LogP contribution >= 0.6 is 15.9 Å². The average molecular weight is 673 g/mol. The van der Waals surface area contributed by atoms with Crippen LogP contribution in [0, 0.1) is 0 Å². The molecule has 4 rings (SSSR count). The lowest BCUT2D eigenvalue weighted by molar-refractivity contribution is -0.141. The Morgan fingerprint density at radius 2 is 1.70 bits per heavy atom. The summed E-state index contributed by atoms with van der Waals surface area (Å²) in [6.07, 6.45) is 2.53. The molecule has 1 aliphatic heterocycles. The number of carbonyl (C=O) groups excluding carboxylic acids is 2. The third-order valence-corrected chi connectivity index (χ3v) is 9.00. The Bertz CT molecular complexity index is 1520. The first kappa shape index (κ1) is 32.3. The van der Waals surface area contributed by atoms with E-state index in [0.717, 1.165) is 28.3 Å². The number of hydrogen-bond acceptors (Lipinski definition) is 6. The maximum atomic E-state index is 14.0. The van der Waals surface area contributed by atoms with Gasteiger partial charge in [-0.15, -0.1) is 0 Å². The molecule has 3 aromatic rings. The van der Waals surface area contributed by atoms with Crippen LogP contribution in [0.25, 0.3) is 0 Å². The highest BCUT2D eigenvalue weighted by Crippen LogP contribution is 2.36. The maximum absolute atomic E-state index is 14.0. The van der Waals surface area contributed by atoms with Gasteiger partial charge in [-0.3, -0.25) is 13.9 Å². The van der Waals surface area contributed by atoms with E-state index in [1.807, 2.05) is 68.4 Å². The summed E-state index contributed by atoms with van der Waals surface area (Å²) in [4.78, 5) is 29.3.